The van der Waals surface area contributed by atoms with Crippen LogP contribution in [0, 0.1) is 11.6 Å². The Hall–Kier alpha value is -2.41. The van der Waals surface area contributed by atoms with Crippen molar-refractivity contribution >= 4 is 29.9 Å². The van der Waals surface area contributed by atoms with Gasteiger partial charge in [0.15, 0.2) is 0 Å². The van der Waals surface area contributed by atoms with E-state index >= 15 is 0 Å². The maximum absolute atomic E-state index is 13.8. The number of carbonyl (C=O) groups is 1. The third-order valence-corrected chi connectivity index (χ3v) is 3.09. The normalized spacial score (nSPS) is 14.1. The summed E-state index contributed by atoms with van der Waals surface area (Å²) in [5.74, 6) is -1.73. The van der Waals surface area contributed by atoms with Crippen LogP contribution in [0.1, 0.15) is 0 Å². The van der Waals surface area contributed by atoms with Gasteiger partial charge in [-0.15, -0.1) is 0 Å². The van der Waals surface area contributed by atoms with Gasteiger partial charge < -0.3 is 15.2 Å². The molecule has 20 heavy (non-hydrogen) atoms. The Labute approximate surface area is 113 Å². The van der Waals surface area contributed by atoms with Gasteiger partial charge in [0, 0.05) is 22.9 Å². The fourth-order valence-electron chi connectivity index (χ4n) is 2.21. The number of amides is 2. The van der Waals surface area contributed by atoms with Crippen LogP contribution in [0.2, 0.25) is 0 Å². The molecule has 0 saturated carbocycles. The lowest BCUT2D eigenvalue weighted by atomic mass is 9.68. The van der Waals surface area contributed by atoms with Crippen LogP contribution >= 0.6 is 0 Å². The van der Waals surface area contributed by atoms with Gasteiger partial charge in [-0.1, -0.05) is 18.2 Å². The first-order valence-electron chi connectivity index (χ1n) is 5.90. The second-order valence-electron chi connectivity index (χ2n) is 4.36. The van der Waals surface area contributed by atoms with Crippen LogP contribution in [0.25, 0.3) is 0 Å². The van der Waals surface area contributed by atoms with Crippen LogP contribution in [-0.4, -0.2) is 18.1 Å². The molecular formula is C13H9BF2N2O2. The molecular weight excluding hydrogens is 265 g/mol. The highest BCUT2D eigenvalue weighted by Crippen LogP contribution is 2.23. The molecule has 3 rings (SSSR count). The number of rotatable bonds is 1. The average molecular weight is 274 g/mol. The van der Waals surface area contributed by atoms with Crippen LogP contribution in [0.3, 0.4) is 0 Å². The van der Waals surface area contributed by atoms with Gasteiger partial charge in [0.2, 0.25) is 0 Å². The van der Waals surface area contributed by atoms with Crippen molar-refractivity contribution in [3.05, 3.63) is 54.1 Å². The minimum absolute atomic E-state index is 0.0628. The molecule has 1 aliphatic heterocycles. The Bertz CT molecular complexity index is 682. The summed E-state index contributed by atoms with van der Waals surface area (Å²) >= 11 is 0. The van der Waals surface area contributed by atoms with Crippen LogP contribution in [-0.2, 0) is 0 Å². The van der Waals surface area contributed by atoms with Crippen molar-refractivity contribution in [1.29, 1.82) is 0 Å². The maximum Gasteiger partial charge on any atom is 0.462 e. The molecule has 0 spiro atoms. The average Bonchev–Trinajstić information content (AvgIpc) is 2.38. The Kier molecular flexibility index (Phi) is 2.91. The van der Waals surface area contributed by atoms with Crippen molar-refractivity contribution in [2.24, 2.45) is 0 Å². The van der Waals surface area contributed by atoms with Gasteiger partial charge in [0.25, 0.3) is 0 Å². The predicted octanol–water partition coefficient (Wildman–Crippen LogP) is 1.70. The van der Waals surface area contributed by atoms with Crippen LogP contribution < -0.4 is 15.6 Å². The lowest BCUT2D eigenvalue weighted by molar-refractivity contribution is 0.259. The van der Waals surface area contributed by atoms with E-state index in [9.17, 15) is 18.6 Å². The summed E-state index contributed by atoms with van der Waals surface area (Å²) in [6.07, 6.45) is 0. The summed E-state index contributed by atoms with van der Waals surface area (Å²) in [5.41, 5.74) is 0.189. The molecule has 0 unspecified atom stereocenters. The summed E-state index contributed by atoms with van der Waals surface area (Å²) in [4.78, 5) is 13.0. The van der Waals surface area contributed by atoms with Gasteiger partial charge in [-0.2, -0.15) is 0 Å². The highest BCUT2D eigenvalue weighted by molar-refractivity contribution is 6.77. The van der Waals surface area contributed by atoms with E-state index in [0.29, 0.717) is 11.8 Å². The van der Waals surface area contributed by atoms with Crippen molar-refractivity contribution in [2.45, 2.75) is 0 Å². The molecule has 7 heteroatoms. The number of benzene rings is 2. The van der Waals surface area contributed by atoms with Gasteiger partial charge in [-0.05, 0) is 18.2 Å². The first-order valence-corrected chi connectivity index (χ1v) is 5.90. The molecule has 0 aromatic heterocycles. The SMILES string of the molecule is O=C1Nc2cc(F)cc(F)c2B(O)N1c1ccccc1. The molecule has 2 aromatic carbocycles. The predicted molar refractivity (Wildman–Crippen MR) is 71.9 cm³/mol. The number of hydrogen-bond donors (Lipinski definition) is 2. The number of nitrogens with zero attached hydrogens (tertiary/aromatic N) is 1. The molecule has 0 fully saturated rings. The van der Waals surface area contributed by atoms with Crippen LogP contribution in [0.5, 0.6) is 0 Å². The molecule has 100 valence electrons. The topological polar surface area (TPSA) is 52.6 Å². The van der Waals surface area contributed by atoms with Crippen molar-refractivity contribution in [3.63, 3.8) is 0 Å². The van der Waals surface area contributed by atoms with E-state index in [4.69, 9.17) is 0 Å². The molecule has 2 N–H and O–H groups in total. The van der Waals surface area contributed by atoms with Crippen molar-refractivity contribution in [1.82, 2.24) is 0 Å². The third kappa shape index (κ3) is 1.92. The molecule has 2 amide bonds. The standard InChI is InChI=1S/C13H9BF2N2O2/c15-8-6-10(16)12-11(7-8)17-13(19)18(14(12)20)9-4-2-1-3-5-9/h1-7,20H,(H,17,19). The van der Waals surface area contributed by atoms with E-state index in [0.717, 1.165) is 10.9 Å². The first kappa shape index (κ1) is 12.6. The Morgan fingerprint density at radius 3 is 2.55 bits per heavy atom. The van der Waals surface area contributed by atoms with E-state index < -0.39 is 24.7 Å². The quantitative estimate of drug-likeness (QED) is 0.778. The number of urea groups is 1. The van der Waals surface area contributed by atoms with E-state index in [1.807, 2.05) is 0 Å². The molecule has 0 aliphatic carbocycles. The van der Waals surface area contributed by atoms with E-state index in [-0.39, 0.29) is 11.2 Å². The fraction of sp³-hybridized carbons (Fsp3) is 0. The molecule has 1 aliphatic rings. The van der Waals surface area contributed by atoms with Crippen molar-refractivity contribution < 1.29 is 18.6 Å². The monoisotopic (exact) mass is 274 g/mol. The molecule has 0 bridgehead atoms. The molecule has 0 radical (unpaired) electrons. The lowest BCUT2D eigenvalue weighted by Gasteiger charge is -2.31. The Balaban J connectivity index is 2.11. The van der Waals surface area contributed by atoms with Gasteiger partial charge >= 0.3 is 13.1 Å². The van der Waals surface area contributed by atoms with Gasteiger partial charge in [-0.25, -0.2) is 13.6 Å². The van der Waals surface area contributed by atoms with Gasteiger partial charge in [0.1, 0.15) is 11.6 Å². The molecule has 0 saturated heterocycles. The third-order valence-electron chi connectivity index (χ3n) is 3.09. The number of hydrogen-bond acceptors (Lipinski definition) is 2. The second kappa shape index (κ2) is 4.61. The highest BCUT2D eigenvalue weighted by atomic mass is 19.1. The number of nitrogens with one attached hydrogen (secondary N) is 1. The lowest BCUT2D eigenvalue weighted by Crippen LogP contribution is -2.59. The number of halogens is 2. The zero-order valence-corrected chi connectivity index (χ0v) is 10.2. The second-order valence-corrected chi connectivity index (χ2v) is 4.36. The minimum Gasteiger partial charge on any atom is -0.428 e. The van der Waals surface area contributed by atoms with Gasteiger partial charge in [-0.3, -0.25) is 0 Å². The highest BCUT2D eigenvalue weighted by Gasteiger charge is 2.39. The van der Waals surface area contributed by atoms with E-state index in [1.54, 1.807) is 30.3 Å². The van der Waals surface area contributed by atoms with Crippen molar-refractivity contribution in [2.75, 3.05) is 10.1 Å². The molecule has 0 atom stereocenters. The largest absolute Gasteiger partial charge is 0.462 e. The Morgan fingerprint density at radius 1 is 1.15 bits per heavy atom. The minimum atomic E-state index is -1.51. The summed E-state index contributed by atoms with van der Waals surface area (Å²) in [7, 11) is -1.51. The summed E-state index contributed by atoms with van der Waals surface area (Å²) in [6.45, 7) is 0. The first-order chi connectivity index (χ1) is 9.58. The number of anilines is 2. The summed E-state index contributed by atoms with van der Waals surface area (Å²) < 4.78 is 27.0. The smallest absolute Gasteiger partial charge is 0.428 e. The number of fused-ring (bicyclic) bond motifs is 1. The van der Waals surface area contributed by atoms with Gasteiger partial charge in [0.05, 0.1) is 0 Å². The molecule has 2 aromatic rings. The zero-order chi connectivity index (χ0) is 14.3. The molecule has 1 heterocycles. The fourth-order valence-corrected chi connectivity index (χ4v) is 2.21. The van der Waals surface area contributed by atoms with Crippen molar-refractivity contribution in [3.8, 4) is 0 Å². The van der Waals surface area contributed by atoms with E-state index in [2.05, 4.69) is 5.32 Å². The summed E-state index contributed by atoms with van der Waals surface area (Å²) in [6, 6.07) is 9.33. The number of para-hydroxylation sites is 1. The summed E-state index contributed by atoms with van der Waals surface area (Å²) in [5, 5.41) is 12.6. The van der Waals surface area contributed by atoms with Crippen LogP contribution in [0.15, 0.2) is 42.5 Å². The Morgan fingerprint density at radius 2 is 1.85 bits per heavy atom. The van der Waals surface area contributed by atoms with E-state index in [1.165, 1.54) is 0 Å². The number of carbonyl (C=O) groups excluding carboxylic acids is 1. The maximum atomic E-state index is 13.8. The zero-order valence-electron chi connectivity index (χ0n) is 10.2. The molecule has 4 nitrogen and oxygen atoms in total. The van der Waals surface area contributed by atoms with Crippen LogP contribution in [0.4, 0.5) is 25.0 Å².